The minimum absolute atomic E-state index is 0.00689. The Labute approximate surface area is 122 Å². The Morgan fingerprint density at radius 3 is 1.90 bits per heavy atom. The maximum atomic E-state index is 4.92. The molecule has 0 radical (unpaired) electrons. The quantitative estimate of drug-likeness (QED) is 0.746. The van der Waals surface area contributed by atoms with Gasteiger partial charge in [-0.1, -0.05) is 71.9 Å². The summed E-state index contributed by atoms with van der Waals surface area (Å²) in [5, 5.41) is 0. The van der Waals surface area contributed by atoms with Crippen molar-refractivity contribution < 1.29 is 0 Å². The van der Waals surface area contributed by atoms with Crippen LogP contribution in [0.4, 0.5) is 0 Å². The molecule has 0 saturated carbocycles. The van der Waals surface area contributed by atoms with Gasteiger partial charge in [0.15, 0.2) is 0 Å². The zero-order valence-corrected chi connectivity index (χ0v) is 13.4. The van der Waals surface area contributed by atoms with Crippen LogP contribution >= 0.6 is 0 Å². The summed E-state index contributed by atoms with van der Waals surface area (Å²) in [5.41, 5.74) is 4.21. The lowest BCUT2D eigenvalue weighted by molar-refractivity contribution is 0.542. The Kier molecular flexibility index (Phi) is 3.68. The molecule has 2 aromatic rings. The molecule has 0 atom stereocenters. The van der Waals surface area contributed by atoms with Gasteiger partial charge in [-0.25, -0.2) is 4.98 Å². The van der Waals surface area contributed by atoms with E-state index >= 15 is 0 Å². The van der Waals surface area contributed by atoms with Gasteiger partial charge in [0.05, 0.1) is 17.1 Å². The summed E-state index contributed by atoms with van der Waals surface area (Å²) >= 11 is 0. The second kappa shape index (κ2) is 5.01. The normalized spacial score (nSPS) is 12.5. The first kappa shape index (κ1) is 14.7. The molecule has 1 aromatic carbocycles. The molecular formula is C18H24N2. The first-order valence-corrected chi connectivity index (χ1v) is 7.13. The first-order chi connectivity index (χ1) is 9.19. The predicted molar refractivity (Wildman–Crippen MR) is 84.9 cm³/mol. The lowest BCUT2D eigenvalue weighted by atomic mass is 9.87. The van der Waals surface area contributed by atoms with E-state index in [0.29, 0.717) is 0 Å². The molecule has 0 bridgehead atoms. The molecule has 2 rings (SSSR count). The van der Waals surface area contributed by atoms with E-state index in [-0.39, 0.29) is 10.8 Å². The van der Waals surface area contributed by atoms with E-state index in [0.717, 1.165) is 22.6 Å². The largest absolute Gasteiger partial charge is 0.257 e. The van der Waals surface area contributed by atoms with Crippen molar-refractivity contribution in [1.82, 2.24) is 9.97 Å². The van der Waals surface area contributed by atoms with Crippen LogP contribution in [0.25, 0.3) is 11.3 Å². The van der Waals surface area contributed by atoms with Crippen LogP contribution < -0.4 is 0 Å². The van der Waals surface area contributed by atoms with Crippen LogP contribution in [0.15, 0.2) is 36.5 Å². The number of hydrogen-bond donors (Lipinski definition) is 0. The van der Waals surface area contributed by atoms with E-state index in [1.54, 1.807) is 0 Å². The fourth-order valence-electron chi connectivity index (χ4n) is 2.10. The Morgan fingerprint density at radius 1 is 0.800 bits per heavy atom. The Bertz CT molecular complexity index is 587. The van der Waals surface area contributed by atoms with Gasteiger partial charge in [0, 0.05) is 22.6 Å². The van der Waals surface area contributed by atoms with Gasteiger partial charge in [-0.3, -0.25) is 4.98 Å². The monoisotopic (exact) mass is 268 g/mol. The van der Waals surface area contributed by atoms with E-state index in [1.165, 1.54) is 0 Å². The molecule has 2 heteroatoms. The highest BCUT2D eigenvalue weighted by atomic mass is 14.8. The summed E-state index contributed by atoms with van der Waals surface area (Å²) in [7, 11) is 0. The van der Waals surface area contributed by atoms with Gasteiger partial charge in [0.2, 0.25) is 0 Å². The highest BCUT2D eigenvalue weighted by molar-refractivity contribution is 5.63. The second-order valence-corrected chi connectivity index (χ2v) is 7.32. The van der Waals surface area contributed by atoms with Gasteiger partial charge in [0.1, 0.15) is 0 Å². The average molecular weight is 268 g/mol. The molecule has 0 aliphatic rings. The fraction of sp³-hybridized carbons (Fsp3) is 0.444. The van der Waals surface area contributed by atoms with Crippen LogP contribution in [0.3, 0.4) is 0 Å². The molecule has 106 valence electrons. The van der Waals surface area contributed by atoms with Crippen molar-refractivity contribution in [3.63, 3.8) is 0 Å². The third kappa shape index (κ3) is 3.06. The third-order valence-electron chi connectivity index (χ3n) is 3.30. The van der Waals surface area contributed by atoms with Crippen molar-refractivity contribution in [1.29, 1.82) is 0 Å². The number of rotatable bonds is 1. The smallest absolute Gasteiger partial charge is 0.0926 e. The maximum Gasteiger partial charge on any atom is 0.0926 e. The maximum absolute atomic E-state index is 4.92. The second-order valence-electron chi connectivity index (χ2n) is 7.32. The molecule has 0 fully saturated rings. The summed E-state index contributed by atoms with van der Waals surface area (Å²) in [6, 6.07) is 10.3. The fourth-order valence-corrected chi connectivity index (χ4v) is 2.10. The highest BCUT2D eigenvalue weighted by Gasteiger charge is 2.24. The van der Waals surface area contributed by atoms with Gasteiger partial charge >= 0.3 is 0 Å². The highest BCUT2D eigenvalue weighted by Crippen LogP contribution is 2.31. The van der Waals surface area contributed by atoms with Crippen LogP contribution in [-0.4, -0.2) is 9.97 Å². The Morgan fingerprint density at radius 2 is 1.40 bits per heavy atom. The number of nitrogens with zero attached hydrogens (tertiary/aromatic N) is 2. The molecule has 0 saturated heterocycles. The Balaban J connectivity index is 2.67. The van der Waals surface area contributed by atoms with Gasteiger partial charge in [-0.2, -0.15) is 0 Å². The van der Waals surface area contributed by atoms with Crippen molar-refractivity contribution >= 4 is 0 Å². The topological polar surface area (TPSA) is 25.8 Å². The number of aromatic nitrogens is 2. The standard InChI is InChI=1S/C18H24N2/c1-17(2,3)14-12-19-16(18(4,5)6)15(20-14)13-10-8-7-9-11-13/h7-12H,1-6H3. The molecule has 0 amide bonds. The SMILES string of the molecule is CC(C)(C)c1cnc(C(C)(C)C)c(-c2ccccc2)n1. The minimum Gasteiger partial charge on any atom is -0.257 e. The molecule has 1 heterocycles. The summed E-state index contributed by atoms with van der Waals surface area (Å²) in [4.78, 5) is 9.65. The van der Waals surface area contributed by atoms with Crippen molar-refractivity contribution in [2.24, 2.45) is 0 Å². The first-order valence-electron chi connectivity index (χ1n) is 7.13. The van der Waals surface area contributed by atoms with Gasteiger partial charge < -0.3 is 0 Å². The molecule has 20 heavy (non-hydrogen) atoms. The van der Waals surface area contributed by atoms with E-state index < -0.39 is 0 Å². The van der Waals surface area contributed by atoms with Gasteiger partial charge in [-0.15, -0.1) is 0 Å². The summed E-state index contributed by atoms with van der Waals surface area (Å²) in [5.74, 6) is 0. The zero-order valence-electron chi connectivity index (χ0n) is 13.4. The summed E-state index contributed by atoms with van der Waals surface area (Å²) in [6.45, 7) is 13.0. The summed E-state index contributed by atoms with van der Waals surface area (Å²) < 4.78 is 0. The van der Waals surface area contributed by atoms with E-state index in [2.05, 4.69) is 53.7 Å². The predicted octanol–water partition coefficient (Wildman–Crippen LogP) is 4.74. The van der Waals surface area contributed by atoms with Crippen molar-refractivity contribution in [3.8, 4) is 11.3 Å². The van der Waals surface area contributed by atoms with Gasteiger partial charge in [-0.05, 0) is 0 Å². The van der Waals surface area contributed by atoms with E-state index in [1.807, 2.05) is 24.4 Å². The molecular weight excluding hydrogens is 244 g/mol. The Hall–Kier alpha value is -1.70. The van der Waals surface area contributed by atoms with Crippen LogP contribution in [0.1, 0.15) is 52.9 Å². The molecule has 0 N–H and O–H groups in total. The van der Waals surface area contributed by atoms with Crippen LogP contribution in [-0.2, 0) is 10.8 Å². The van der Waals surface area contributed by atoms with Crippen molar-refractivity contribution in [2.45, 2.75) is 52.4 Å². The van der Waals surface area contributed by atoms with Crippen LogP contribution in [0.2, 0.25) is 0 Å². The average Bonchev–Trinajstić information content (AvgIpc) is 2.37. The summed E-state index contributed by atoms with van der Waals surface area (Å²) in [6.07, 6.45) is 1.92. The van der Waals surface area contributed by atoms with Gasteiger partial charge in [0.25, 0.3) is 0 Å². The molecule has 0 spiro atoms. The molecule has 0 aliphatic heterocycles. The number of hydrogen-bond acceptors (Lipinski definition) is 2. The lowest BCUT2D eigenvalue weighted by Gasteiger charge is -2.24. The van der Waals surface area contributed by atoms with E-state index in [4.69, 9.17) is 9.97 Å². The van der Waals surface area contributed by atoms with Crippen LogP contribution in [0.5, 0.6) is 0 Å². The van der Waals surface area contributed by atoms with Crippen molar-refractivity contribution in [2.75, 3.05) is 0 Å². The number of benzene rings is 1. The van der Waals surface area contributed by atoms with Crippen molar-refractivity contribution in [3.05, 3.63) is 47.9 Å². The van der Waals surface area contributed by atoms with E-state index in [9.17, 15) is 0 Å². The molecule has 0 unspecified atom stereocenters. The molecule has 1 aromatic heterocycles. The molecule has 0 aliphatic carbocycles. The minimum atomic E-state index is -0.0193. The lowest BCUT2D eigenvalue weighted by Crippen LogP contribution is -2.20. The zero-order chi connectivity index (χ0) is 15.0. The molecule has 2 nitrogen and oxygen atoms in total. The third-order valence-corrected chi connectivity index (χ3v) is 3.30. The van der Waals surface area contributed by atoms with Crippen LogP contribution in [0, 0.1) is 0 Å².